The molecule has 0 fully saturated rings. The maximum atomic E-state index is 11.7. The zero-order valence-corrected chi connectivity index (χ0v) is 12.9. The molecule has 0 bridgehead atoms. The summed E-state index contributed by atoms with van der Waals surface area (Å²) in [5.74, 6) is -0.247. The van der Waals surface area contributed by atoms with E-state index >= 15 is 0 Å². The largest absolute Gasteiger partial charge is 0.364 e. The summed E-state index contributed by atoms with van der Waals surface area (Å²) in [5.41, 5.74) is 5.62. The highest BCUT2D eigenvalue weighted by Crippen LogP contribution is 2.19. The van der Waals surface area contributed by atoms with Crippen molar-refractivity contribution < 1.29 is 4.79 Å². The van der Waals surface area contributed by atoms with E-state index in [9.17, 15) is 4.79 Å². The Labute approximate surface area is 121 Å². The quantitative estimate of drug-likeness (QED) is 0.373. The minimum atomic E-state index is -0.247. The summed E-state index contributed by atoms with van der Waals surface area (Å²) in [7, 11) is 1.67. The Morgan fingerprint density at radius 1 is 1.44 bits per heavy atom. The number of nitrogens with one attached hydrogen (secondary N) is 3. The van der Waals surface area contributed by atoms with Gasteiger partial charge in [0.25, 0.3) is 5.91 Å². The molecule has 0 aromatic heterocycles. The lowest BCUT2D eigenvalue weighted by atomic mass is 10.2. The average Bonchev–Trinajstić information content (AvgIpc) is 2.28. The maximum Gasteiger partial charge on any atom is 0.270 e. The molecule has 0 aliphatic heterocycles. The van der Waals surface area contributed by atoms with Crippen molar-refractivity contribution in [2.45, 2.75) is 0 Å². The van der Waals surface area contributed by atoms with Crippen molar-refractivity contribution in [3.05, 3.63) is 31.8 Å². The summed E-state index contributed by atoms with van der Waals surface area (Å²) in [4.78, 5) is 11.7. The second-order valence-corrected chi connectivity index (χ2v) is 5.29. The second-order valence-electron chi connectivity index (χ2n) is 2.78. The van der Waals surface area contributed by atoms with Crippen LogP contribution < -0.4 is 16.2 Å². The molecule has 7 heteroatoms. The fourth-order valence-electron chi connectivity index (χ4n) is 0.915. The van der Waals surface area contributed by atoms with Gasteiger partial charge in [-0.15, -0.1) is 0 Å². The Kier molecular flexibility index (Phi) is 5.42. The van der Waals surface area contributed by atoms with E-state index in [-0.39, 0.29) is 5.91 Å². The van der Waals surface area contributed by atoms with Gasteiger partial charge in [0.2, 0.25) is 0 Å². The number of benzene rings is 1. The summed E-state index contributed by atoms with van der Waals surface area (Å²) in [6.45, 7) is 0. The lowest BCUT2D eigenvalue weighted by Gasteiger charge is -2.09. The lowest BCUT2D eigenvalue weighted by Crippen LogP contribution is -2.45. The number of rotatable bonds is 1. The molecule has 1 aromatic rings. The zero-order valence-electron chi connectivity index (χ0n) is 8.30. The minimum absolute atomic E-state index is 0.247. The number of carbonyl (C=O) groups excluding carboxylic acids is 1. The molecule has 4 nitrogen and oxygen atoms in total. The van der Waals surface area contributed by atoms with E-state index in [1.807, 2.05) is 12.1 Å². The number of hydrogen-bond donors (Lipinski definition) is 3. The SMILES string of the molecule is CNC(=S)NNC(=O)c1cc(I)ccc1Br. The van der Waals surface area contributed by atoms with Crippen LogP contribution in [-0.2, 0) is 0 Å². The fraction of sp³-hybridized carbons (Fsp3) is 0.111. The molecular formula is C9H9BrIN3OS. The molecule has 0 saturated carbocycles. The van der Waals surface area contributed by atoms with Gasteiger partial charge in [-0.3, -0.25) is 15.6 Å². The average molecular weight is 414 g/mol. The standard InChI is InChI=1S/C9H9BrIN3OS/c1-12-9(16)14-13-8(15)6-4-5(11)2-3-7(6)10/h2-4H,1H3,(H,13,15)(H2,12,14,16). The Hall–Kier alpha value is -0.410. The third-order valence-electron chi connectivity index (χ3n) is 1.69. The van der Waals surface area contributed by atoms with Crippen LogP contribution in [0.5, 0.6) is 0 Å². The van der Waals surface area contributed by atoms with Crippen molar-refractivity contribution in [1.29, 1.82) is 0 Å². The van der Waals surface area contributed by atoms with Crippen molar-refractivity contribution in [3.63, 3.8) is 0 Å². The smallest absolute Gasteiger partial charge is 0.270 e. The Morgan fingerprint density at radius 3 is 2.75 bits per heavy atom. The van der Waals surface area contributed by atoms with Crippen LogP contribution in [0.2, 0.25) is 0 Å². The van der Waals surface area contributed by atoms with Gasteiger partial charge in [0.1, 0.15) is 0 Å². The van der Waals surface area contributed by atoms with Gasteiger partial charge in [0, 0.05) is 15.1 Å². The van der Waals surface area contributed by atoms with Crippen LogP contribution in [0.1, 0.15) is 10.4 Å². The first-order chi connectivity index (χ1) is 7.54. The number of halogens is 2. The van der Waals surface area contributed by atoms with Gasteiger partial charge in [-0.2, -0.15) is 0 Å². The summed E-state index contributed by atoms with van der Waals surface area (Å²) in [6, 6.07) is 5.52. The highest BCUT2D eigenvalue weighted by atomic mass is 127. The van der Waals surface area contributed by atoms with Crippen LogP contribution in [-0.4, -0.2) is 18.1 Å². The summed E-state index contributed by atoms with van der Waals surface area (Å²) in [5, 5.41) is 3.05. The molecule has 1 rings (SSSR count). The summed E-state index contributed by atoms with van der Waals surface area (Å²) >= 11 is 10.3. The van der Waals surface area contributed by atoms with Gasteiger partial charge in [-0.05, 0) is 68.9 Å². The van der Waals surface area contributed by atoms with E-state index in [1.165, 1.54) is 0 Å². The maximum absolute atomic E-state index is 11.7. The second kappa shape index (κ2) is 6.36. The first-order valence-corrected chi connectivity index (χ1v) is 6.55. The molecule has 1 amide bonds. The van der Waals surface area contributed by atoms with E-state index in [2.05, 4.69) is 54.7 Å². The van der Waals surface area contributed by atoms with Crippen LogP contribution in [0, 0.1) is 3.57 Å². The van der Waals surface area contributed by atoms with Crippen molar-refractivity contribution in [1.82, 2.24) is 16.2 Å². The number of hydrazine groups is 1. The molecule has 0 aliphatic carbocycles. The molecule has 3 N–H and O–H groups in total. The predicted molar refractivity (Wildman–Crippen MR) is 79.1 cm³/mol. The molecule has 0 aliphatic rings. The Morgan fingerprint density at radius 2 is 2.12 bits per heavy atom. The summed E-state index contributed by atoms with van der Waals surface area (Å²) in [6.07, 6.45) is 0. The topological polar surface area (TPSA) is 53.2 Å². The van der Waals surface area contributed by atoms with Gasteiger partial charge in [0.05, 0.1) is 5.56 Å². The van der Waals surface area contributed by atoms with Crippen molar-refractivity contribution in [2.24, 2.45) is 0 Å². The fourth-order valence-corrected chi connectivity index (χ4v) is 1.88. The van der Waals surface area contributed by atoms with Gasteiger partial charge in [0.15, 0.2) is 5.11 Å². The molecule has 0 atom stereocenters. The minimum Gasteiger partial charge on any atom is -0.364 e. The Bertz CT molecular complexity index is 427. The van der Waals surface area contributed by atoms with Crippen molar-refractivity contribution in [2.75, 3.05) is 7.05 Å². The molecule has 1 aromatic carbocycles. The first kappa shape index (κ1) is 13.7. The third kappa shape index (κ3) is 3.87. The van der Waals surface area contributed by atoms with Gasteiger partial charge in [-0.25, -0.2) is 0 Å². The van der Waals surface area contributed by atoms with Gasteiger partial charge in [-0.1, -0.05) is 0 Å². The van der Waals surface area contributed by atoms with E-state index < -0.39 is 0 Å². The van der Waals surface area contributed by atoms with Crippen LogP contribution >= 0.6 is 50.7 Å². The molecule has 0 unspecified atom stereocenters. The zero-order chi connectivity index (χ0) is 12.1. The predicted octanol–water partition coefficient (Wildman–Crippen LogP) is 1.79. The summed E-state index contributed by atoms with van der Waals surface area (Å²) < 4.78 is 1.73. The number of carbonyl (C=O) groups is 1. The van der Waals surface area contributed by atoms with Crippen molar-refractivity contribution in [3.8, 4) is 0 Å². The molecule has 16 heavy (non-hydrogen) atoms. The van der Waals surface area contributed by atoms with Gasteiger partial charge < -0.3 is 5.32 Å². The van der Waals surface area contributed by atoms with Crippen LogP contribution in [0.4, 0.5) is 0 Å². The van der Waals surface area contributed by atoms with E-state index in [0.717, 1.165) is 8.04 Å². The molecular weight excluding hydrogens is 405 g/mol. The van der Waals surface area contributed by atoms with Gasteiger partial charge >= 0.3 is 0 Å². The first-order valence-electron chi connectivity index (χ1n) is 4.27. The van der Waals surface area contributed by atoms with Crippen LogP contribution in [0.15, 0.2) is 22.7 Å². The molecule has 0 spiro atoms. The van der Waals surface area contributed by atoms with Crippen molar-refractivity contribution >= 4 is 61.8 Å². The monoisotopic (exact) mass is 413 g/mol. The third-order valence-corrected chi connectivity index (χ3v) is 3.36. The van der Waals surface area contributed by atoms with E-state index in [1.54, 1.807) is 13.1 Å². The molecule has 0 saturated heterocycles. The molecule has 0 heterocycles. The molecule has 0 radical (unpaired) electrons. The Balaban J connectivity index is 2.73. The van der Waals surface area contributed by atoms with Crippen LogP contribution in [0.25, 0.3) is 0 Å². The highest BCUT2D eigenvalue weighted by molar-refractivity contribution is 14.1. The normalized spacial score (nSPS) is 9.44. The van der Waals surface area contributed by atoms with Crippen LogP contribution in [0.3, 0.4) is 0 Å². The van der Waals surface area contributed by atoms with E-state index in [0.29, 0.717) is 10.7 Å². The van der Waals surface area contributed by atoms with E-state index in [4.69, 9.17) is 12.2 Å². The number of thiocarbonyl (C=S) groups is 1. The molecule has 86 valence electrons. The lowest BCUT2D eigenvalue weighted by molar-refractivity contribution is 0.0943. The number of hydrogen-bond acceptors (Lipinski definition) is 2. The highest BCUT2D eigenvalue weighted by Gasteiger charge is 2.10. The number of amides is 1.